The van der Waals surface area contributed by atoms with Crippen molar-refractivity contribution >= 4 is 17.4 Å². The van der Waals surface area contributed by atoms with E-state index in [-0.39, 0.29) is 0 Å². The van der Waals surface area contributed by atoms with Crippen molar-refractivity contribution in [3.8, 4) is 5.69 Å². The van der Waals surface area contributed by atoms with Gasteiger partial charge in [-0.25, -0.2) is 0 Å². The fourth-order valence-corrected chi connectivity index (χ4v) is 3.30. The number of rotatable bonds is 3. The van der Waals surface area contributed by atoms with Crippen molar-refractivity contribution in [3.63, 3.8) is 0 Å². The van der Waals surface area contributed by atoms with Gasteiger partial charge in [-0.05, 0) is 42.5 Å². The molecule has 17 heavy (non-hydrogen) atoms. The number of thioether (sulfide) groups is 1. The standard InChI is InChI=1S/C14H16N2S/c1-2-8-16(7-1)14-5-3-4-12(10-14)15-13-6-9-17-11-13/h1-5,7-8,10,13,15H,6,9,11H2. The van der Waals surface area contributed by atoms with Crippen LogP contribution in [0.4, 0.5) is 5.69 Å². The van der Waals surface area contributed by atoms with Crippen LogP contribution in [0.5, 0.6) is 0 Å². The van der Waals surface area contributed by atoms with Gasteiger partial charge in [0.1, 0.15) is 0 Å². The van der Waals surface area contributed by atoms with E-state index in [0.29, 0.717) is 6.04 Å². The van der Waals surface area contributed by atoms with Gasteiger partial charge in [-0.1, -0.05) is 6.07 Å². The third-order valence-electron chi connectivity index (χ3n) is 3.05. The Morgan fingerprint density at radius 3 is 2.82 bits per heavy atom. The Balaban J connectivity index is 1.79. The van der Waals surface area contributed by atoms with Crippen LogP contribution in [0.1, 0.15) is 6.42 Å². The molecule has 1 aliphatic heterocycles. The molecule has 1 unspecified atom stereocenters. The normalized spacial score (nSPS) is 19.4. The van der Waals surface area contributed by atoms with Crippen LogP contribution < -0.4 is 5.32 Å². The zero-order chi connectivity index (χ0) is 11.5. The van der Waals surface area contributed by atoms with Gasteiger partial charge in [-0.3, -0.25) is 0 Å². The fourth-order valence-electron chi connectivity index (χ4n) is 2.15. The summed E-state index contributed by atoms with van der Waals surface area (Å²) in [5.41, 5.74) is 2.44. The highest BCUT2D eigenvalue weighted by molar-refractivity contribution is 7.99. The van der Waals surface area contributed by atoms with Crippen molar-refractivity contribution < 1.29 is 0 Å². The maximum Gasteiger partial charge on any atom is 0.0469 e. The Labute approximate surface area is 106 Å². The molecule has 88 valence electrons. The highest BCUT2D eigenvalue weighted by atomic mass is 32.2. The van der Waals surface area contributed by atoms with Gasteiger partial charge in [0.05, 0.1) is 0 Å². The Bertz CT molecular complexity index is 473. The molecule has 0 amide bonds. The Morgan fingerprint density at radius 2 is 2.06 bits per heavy atom. The number of hydrogen-bond donors (Lipinski definition) is 1. The smallest absolute Gasteiger partial charge is 0.0469 e. The second kappa shape index (κ2) is 4.88. The second-order valence-electron chi connectivity index (χ2n) is 4.35. The Hall–Kier alpha value is -1.35. The van der Waals surface area contributed by atoms with Crippen LogP contribution >= 0.6 is 11.8 Å². The lowest BCUT2D eigenvalue weighted by Gasteiger charge is -2.14. The average molecular weight is 244 g/mol. The molecule has 3 rings (SSSR count). The van der Waals surface area contributed by atoms with Gasteiger partial charge in [0.15, 0.2) is 0 Å². The molecule has 2 nitrogen and oxygen atoms in total. The maximum absolute atomic E-state index is 3.61. The van der Waals surface area contributed by atoms with Crippen LogP contribution in [0.25, 0.3) is 5.69 Å². The summed E-state index contributed by atoms with van der Waals surface area (Å²) >= 11 is 2.04. The minimum atomic E-state index is 0.639. The molecular weight excluding hydrogens is 228 g/mol. The lowest BCUT2D eigenvalue weighted by molar-refractivity contribution is 0.813. The third-order valence-corrected chi connectivity index (χ3v) is 4.21. The molecule has 0 saturated carbocycles. The summed E-state index contributed by atoms with van der Waals surface area (Å²) in [5, 5.41) is 3.61. The van der Waals surface area contributed by atoms with Crippen molar-refractivity contribution in [1.29, 1.82) is 0 Å². The number of nitrogens with zero attached hydrogens (tertiary/aromatic N) is 1. The molecule has 2 aromatic rings. The molecule has 0 spiro atoms. The third kappa shape index (κ3) is 2.50. The molecule has 1 aromatic carbocycles. The van der Waals surface area contributed by atoms with Crippen LogP contribution in [0.15, 0.2) is 48.8 Å². The predicted octanol–water partition coefficient (Wildman–Crippen LogP) is 3.39. The van der Waals surface area contributed by atoms with E-state index < -0.39 is 0 Å². The predicted molar refractivity (Wildman–Crippen MR) is 75.1 cm³/mol. The van der Waals surface area contributed by atoms with Crippen LogP contribution in [-0.2, 0) is 0 Å². The quantitative estimate of drug-likeness (QED) is 0.891. The first-order valence-corrected chi connectivity index (χ1v) is 7.15. The van der Waals surface area contributed by atoms with Crippen molar-refractivity contribution in [1.82, 2.24) is 4.57 Å². The van der Waals surface area contributed by atoms with Gasteiger partial charge in [-0.15, -0.1) is 0 Å². The molecule has 1 aliphatic rings. The molecule has 0 radical (unpaired) electrons. The zero-order valence-corrected chi connectivity index (χ0v) is 10.5. The first kappa shape index (κ1) is 10.8. The second-order valence-corrected chi connectivity index (χ2v) is 5.50. The first-order chi connectivity index (χ1) is 8.42. The van der Waals surface area contributed by atoms with Crippen LogP contribution in [-0.4, -0.2) is 22.1 Å². The van der Waals surface area contributed by atoms with Crippen molar-refractivity contribution in [2.24, 2.45) is 0 Å². The van der Waals surface area contributed by atoms with E-state index in [4.69, 9.17) is 0 Å². The summed E-state index contributed by atoms with van der Waals surface area (Å²) in [6, 6.07) is 13.3. The summed E-state index contributed by atoms with van der Waals surface area (Å²) in [5.74, 6) is 2.52. The number of aromatic nitrogens is 1. The number of nitrogens with one attached hydrogen (secondary N) is 1. The van der Waals surface area contributed by atoms with E-state index in [2.05, 4.69) is 46.5 Å². The van der Waals surface area contributed by atoms with Crippen LogP contribution in [0, 0.1) is 0 Å². The summed E-state index contributed by atoms with van der Waals surface area (Å²) in [4.78, 5) is 0. The number of hydrogen-bond acceptors (Lipinski definition) is 2. The van der Waals surface area contributed by atoms with Gasteiger partial charge >= 0.3 is 0 Å². The molecule has 1 atom stereocenters. The largest absolute Gasteiger partial charge is 0.381 e. The van der Waals surface area contributed by atoms with E-state index in [9.17, 15) is 0 Å². The summed E-state index contributed by atoms with van der Waals surface area (Å²) < 4.78 is 2.13. The highest BCUT2D eigenvalue weighted by Crippen LogP contribution is 2.22. The van der Waals surface area contributed by atoms with Crippen molar-refractivity contribution in [2.45, 2.75) is 12.5 Å². The molecular formula is C14H16N2S. The monoisotopic (exact) mass is 244 g/mol. The summed E-state index contributed by atoms with van der Waals surface area (Å²) in [6.45, 7) is 0. The Kier molecular flexibility index (Phi) is 3.10. The lowest BCUT2D eigenvalue weighted by atomic mass is 10.2. The minimum Gasteiger partial charge on any atom is -0.381 e. The first-order valence-electron chi connectivity index (χ1n) is 5.99. The number of anilines is 1. The molecule has 0 bridgehead atoms. The topological polar surface area (TPSA) is 17.0 Å². The zero-order valence-electron chi connectivity index (χ0n) is 9.67. The molecule has 1 aromatic heterocycles. The van der Waals surface area contributed by atoms with Gasteiger partial charge in [0.2, 0.25) is 0 Å². The molecule has 2 heterocycles. The maximum atomic E-state index is 3.61. The molecule has 3 heteroatoms. The SMILES string of the molecule is c1cc(NC2CCSC2)cc(-n2cccc2)c1. The van der Waals surface area contributed by atoms with Gasteiger partial charge in [-0.2, -0.15) is 11.8 Å². The minimum absolute atomic E-state index is 0.639. The molecule has 1 N–H and O–H groups in total. The van der Waals surface area contributed by atoms with Crippen LogP contribution in [0.2, 0.25) is 0 Å². The fraction of sp³-hybridized carbons (Fsp3) is 0.286. The highest BCUT2D eigenvalue weighted by Gasteiger charge is 2.14. The van der Waals surface area contributed by atoms with Gasteiger partial charge in [0, 0.05) is 35.6 Å². The van der Waals surface area contributed by atoms with E-state index in [1.54, 1.807) is 0 Å². The molecule has 1 fully saturated rings. The van der Waals surface area contributed by atoms with Gasteiger partial charge in [0.25, 0.3) is 0 Å². The van der Waals surface area contributed by atoms with E-state index >= 15 is 0 Å². The number of benzene rings is 1. The Morgan fingerprint density at radius 1 is 1.18 bits per heavy atom. The summed E-state index contributed by atoms with van der Waals surface area (Å²) in [6.07, 6.45) is 5.42. The lowest BCUT2D eigenvalue weighted by Crippen LogP contribution is -2.18. The van der Waals surface area contributed by atoms with Crippen molar-refractivity contribution in [3.05, 3.63) is 48.8 Å². The summed E-state index contributed by atoms with van der Waals surface area (Å²) in [7, 11) is 0. The molecule has 1 saturated heterocycles. The average Bonchev–Trinajstić information content (AvgIpc) is 3.01. The van der Waals surface area contributed by atoms with E-state index in [1.807, 2.05) is 23.9 Å². The van der Waals surface area contributed by atoms with E-state index in [1.165, 1.54) is 29.3 Å². The van der Waals surface area contributed by atoms with Gasteiger partial charge < -0.3 is 9.88 Å². The van der Waals surface area contributed by atoms with E-state index in [0.717, 1.165) is 0 Å². The van der Waals surface area contributed by atoms with Crippen LogP contribution in [0.3, 0.4) is 0 Å². The van der Waals surface area contributed by atoms with Crippen molar-refractivity contribution in [2.75, 3.05) is 16.8 Å². The molecule has 0 aliphatic carbocycles.